The van der Waals surface area contributed by atoms with Crippen LogP contribution in [0.25, 0.3) is 11.1 Å². The number of piperazine rings is 1. The standard InChI is InChI=1S/C22H25N5O/c28-17-16-26-12-14-27(15-13-26)22-23-11-10-21(25-22)24-20-8-6-19(7-9-20)18-4-2-1-3-5-18/h1-11,28H,12-17H2,(H,23,24,25). The highest BCUT2D eigenvalue weighted by molar-refractivity contribution is 5.67. The summed E-state index contributed by atoms with van der Waals surface area (Å²) in [4.78, 5) is 13.6. The SMILES string of the molecule is OCCN1CCN(c2nccc(Nc3ccc(-c4ccccc4)cc3)n2)CC1. The van der Waals surface area contributed by atoms with E-state index in [1.54, 1.807) is 6.20 Å². The molecule has 4 rings (SSSR count). The van der Waals surface area contributed by atoms with Gasteiger partial charge >= 0.3 is 0 Å². The maximum Gasteiger partial charge on any atom is 0.227 e. The number of hydrogen-bond acceptors (Lipinski definition) is 6. The minimum Gasteiger partial charge on any atom is -0.395 e. The molecule has 0 bridgehead atoms. The molecule has 0 radical (unpaired) electrons. The third-order valence-electron chi connectivity index (χ3n) is 4.98. The van der Waals surface area contributed by atoms with E-state index in [1.165, 1.54) is 11.1 Å². The van der Waals surface area contributed by atoms with Crippen molar-refractivity contribution in [2.75, 3.05) is 49.5 Å². The summed E-state index contributed by atoms with van der Waals surface area (Å²) in [6.07, 6.45) is 1.79. The first-order valence-electron chi connectivity index (χ1n) is 9.65. The minimum atomic E-state index is 0.207. The van der Waals surface area contributed by atoms with Gasteiger partial charge in [0.15, 0.2) is 0 Å². The fraction of sp³-hybridized carbons (Fsp3) is 0.273. The van der Waals surface area contributed by atoms with Crippen molar-refractivity contribution in [2.45, 2.75) is 0 Å². The molecule has 1 saturated heterocycles. The van der Waals surface area contributed by atoms with Gasteiger partial charge < -0.3 is 15.3 Å². The summed E-state index contributed by atoms with van der Waals surface area (Å²) < 4.78 is 0. The Morgan fingerprint density at radius 1 is 0.857 bits per heavy atom. The van der Waals surface area contributed by atoms with Gasteiger partial charge in [0.05, 0.1) is 6.61 Å². The Bertz CT molecular complexity index is 877. The minimum absolute atomic E-state index is 0.207. The molecule has 0 unspecified atom stereocenters. The van der Waals surface area contributed by atoms with Gasteiger partial charge in [0.1, 0.15) is 5.82 Å². The van der Waals surface area contributed by atoms with Crippen LogP contribution in [-0.2, 0) is 0 Å². The zero-order valence-corrected chi connectivity index (χ0v) is 15.8. The van der Waals surface area contributed by atoms with E-state index in [0.29, 0.717) is 0 Å². The largest absolute Gasteiger partial charge is 0.395 e. The molecule has 0 saturated carbocycles. The summed E-state index contributed by atoms with van der Waals surface area (Å²) in [5.74, 6) is 1.53. The summed E-state index contributed by atoms with van der Waals surface area (Å²) >= 11 is 0. The van der Waals surface area contributed by atoms with Crippen LogP contribution in [0.1, 0.15) is 0 Å². The van der Waals surface area contributed by atoms with Crippen LogP contribution < -0.4 is 10.2 Å². The molecule has 2 aromatic carbocycles. The van der Waals surface area contributed by atoms with E-state index in [9.17, 15) is 0 Å². The van der Waals surface area contributed by atoms with Crippen LogP contribution in [0.2, 0.25) is 0 Å². The number of aliphatic hydroxyl groups is 1. The van der Waals surface area contributed by atoms with Crippen molar-refractivity contribution in [1.29, 1.82) is 0 Å². The number of rotatable bonds is 6. The lowest BCUT2D eigenvalue weighted by atomic mass is 10.1. The van der Waals surface area contributed by atoms with Gasteiger partial charge in [0, 0.05) is 44.6 Å². The van der Waals surface area contributed by atoms with E-state index in [4.69, 9.17) is 5.11 Å². The number of aliphatic hydroxyl groups excluding tert-OH is 1. The van der Waals surface area contributed by atoms with Gasteiger partial charge in [-0.1, -0.05) is 42.5 Å². The lowest BCUT2D eigenvalue weighted by molar-refractivity contribution is 0.188. The molecule has 6 heteroatoms. The molecule has 0 atom stereocenters. The number of aromatic nitrogens is 2. The van der Waals surface area contributed by atoms with Crippen LogP contribution in [-0.4, -0.2) is 59.3 Å². The van der Waals surface area contributed by atoms with E-state index in [1.807, 2.05) is 24.3 Å². The number of benzene rings is 2. The van der Waals surface area contributed by atoms with Crippen LogP contribution in [0.5, 0.6) is 0 Å². The number of β-amino-alcohol motifs (C(OH)–C–C–N with tert-alkyl or cyclic N) is 1. The molecule has 144 valence electrons. The Morgan fingerprint density at radius 2 is 1.57 bits per heavy atom. The quantitative estimate of drug-likeness (QED) is 0.691. The van der Waals surface area contributed by atoms with Gasteiger partial charge in [-0.25, -0.2) is 4.98 Å². The first kappa shape index (κ1) is 18.4. The van der Waals surface area contributed by atoms with Crippen LogP contribution in [0.4, 0.5) is 17.5 Å². The van der Waals surface area contributed by atoms with E-state index < -0.39 is 0 Å². The molecule has 0 amide bonds. The van der Waals surface area contributed by atoms with Gasteiger partial charge in [-0.05, 0) is 29.3 Å². The normalized spacial score (nSPS) is 14.8. The molecule has 6 nitrogen and oxygen atoms in total. The molecule has 1 aliphatic rings. The summed E-state index contributed by atoms with van der Waals surface area (Å²) in [6.45, 7) is 4.52. The lowest BCUT2D eigenvalue weighted by Gasteiger charge is -2.34. The second kappa shape index (κ2) is 8.82. The van der Waals surface area contributed by atoms with Crippen molar-refractivity contribution >= 4 is 17.5 Å². The summed E-state index contributed by atoms with van der Waals surface area (Å²) in [7, 11) is 0. The van der Waals surface area contributed by atoms with Crippen molar-refractivity contribution < 1.29 is 5.11 Å². The molecule has 3 aromatic rings. The predicted molar refractivity (Wildman–Crippen MR) is 113 cm³/mol. The third kappa shape index (κ3) is 4.47. The summed E-state index contributed by atoms with van der Waals surface area (Å²) in [6, 6.07) is 20.6. The van der Waals surface area contributed by atoms with Crippen molar-refractivity contribution in [3.8, 4) is 11.1 Å². The molecule has 2 heterocycles. The van der Waals surface area contributed by atoms with Crippen molar-refractivity contribution in [3.63, 3.8) is 0 Å². The topological polar surface area (TPSA) is 64.5 Å². The third-order valence-corrected chi connectivity index (χ3v) is 4.98. The summed E-state index contributed by atoms with van der Waals surface area (Å²) in [5, 5.41) is 12.4. The van der Waals surface area contributed by atoms with Crippen molar-refractivity contribution in [3.05, 3.63) is 66.9 Å². The van der Waals surface area contributed by atoms with Gasteiger partial charge in [-0.15, -0.1) is 0 Å². The van der Waals surface area contributed by atoms with E-state index in [2.05, 4.69) is 61.5 Å². The molecule has 1 aliphatic heterocycles. The van der Waals surface area contributed by atoms with Crippen molar-refractivity contribution in [2.24, 2.45) is 0 Å². The maximum atomic E-state index is 9.07. The Kier molecular flexibility index (Phi) is 5.80. The molecule has 1 fully saturated rings. The van der Waals surface area contributed by atoms with Gasteiger partial charge in [0.25, 0.3) is 0 Å². The van der Waals surface area contributed by atoms with Crippen LogP contribution >= 0.6 is 0 Å². The highest BCUT2D eigenvalue weighted by atomic mass is 16.3. The van der Waals surface area contributed by atoms with Crippen LogP contribution in [0, 0.1) is 0 Å². The van der Waals surface area contributed by atoms with Crippen LogP contribution in [0.3, 0.4) is 0 Å². The molecule has 1 aromatic heterocycles. The average Bonchev–Trinajstić information content (AvgIpc) is 2.76. The number of nitrogens with zero attached hydrogens (tertiary/aromatic N) is 4. The van der Waals surface area contributed by atoms with Gasteiger partial charge in [0.2, 0.25) is 5.95 Å². The Balaban J connectivity index is 1.41. The first-order chi connectivity index (χ1) is 13.8. The Labute approximate surface area is 165 Å². The van der Waals surface area contributed by atoms with Gasteiger partial charge in [-0.2, -0.15) is 4.98 Å². The number of anilines is 3. The molecular weight excluding hydrogens is 350 g/mol. The van der Waals surface area contributed by atoms with E-state index in [-0.39, 0.29) is 6.61 Å². The molecular formula is C22H25N5O. The Hall–Kier alpha value is -2.96. The second-order valence-corrected chi connectivity index (χ2v) is 6.86. The fourth-order valence-corrected chi connectivity index (χ4v) is 3.41. The molecule has 2 N–H and O–H groups in total. The molecule has 28 heavy (non-hydrogen) atoms. The van der Waals surface area contributed by atoms with E-state index in [0.717, 1.165) is 50.2 Å². The van der Waals surface area contributed by atoms with E-state index >= 15 is 0 Å². The second-order valence-electron chi connectivity index (χ2n) is 6.86. The Morgan fingerprint density at radius 3 is 2.29 bits per heavy atom. The van der Waals surface area contributed by atoms with Crippen molar-refractivity contribution in [1.82, 2.24) is 14.9 Å². The average molecular weight is 375 g/mol. The highest BCUT2D eigenvalue weighted by Crippen LogP contribution is 2.23. The summed E-state index contributed by atoms with van der Waals surface area (Å²) in [5.41, 5.74) is 3.39. The highest BCUT2D eigenvalue weighted by Gasteiger charge is 2.18. The zero-order chi connectivity index (χ0) is 19.2. The predicted octanol–water partition coefficient (Wildman–Crippen LogP) is 3.00. The van der Waals surface area contributed by atoms with Crippen LogP contribution in [0.15, 0.2) is 66.9 Å². The smallest absolute Gasteiger partial charge is 0.227 e. The first-order valence-corrected chi connectivity index (χ1v) is 9.65. The zero-order valence-electron chi connectivity index (χ0n) is 15.8. The molecule has 0 aliphatic carbocycles. The van der Waals surface area contributed by atoms with Gasteiger partial charge in [-0.3, -0.25) is 4.90 Å². The number of hydrogen-bond donors (Lipinski definition) is 2. The fourth-order valence-electron chi connectivity index (χ4n) is 3.41. The molecule has 0 spiro atoms. The number of nitrogens with one attached hydrogen (secondary N) is 1. The lowest BCUT2D eigenvalue weighted by Crippen LogP contribution is -2.47. The monoisotopic (exact) mass is 375 g/mol. The maximum absolute atomic E-state index is 9.07.